The van der Waals surface area contributed by atoms with E-state index < -0.39 is 0 Å². The van der Waals surface area contributed by atoms with Crippen molar-refractivity contribution in [1.29, 1.82) is 0 Å². The van der Waals surface area contributed by atoms with Gasteiger partial charge in [0.2, 0.25) is 5.91 Å². The first kappa shape index (κ1) is 19.0. The van der Waals surface area contributed by atoms with Crippen LogP contribution in [0, 0.1) is 5.92 Å². The van der Waals surface area contributed by atoms with Gasteiger partial charge in [0.05, 0.1) is 10.8 Å². The predicted octanol–water partition coefficient (Wildman–Crippen LogP) is 4.39. The van der Waals surface area contributed by atoms with E-state index in [1.54, 1.807) is 6.07 Å². The van der Waals surface area contributed by atoms with E-state index in [9.17, 15) is 9.59 Å². The fraction of sp³-hybridized carbons (Fsp3) is 0.455. The Kier molecular flexibility index (Phi) is 5.95. The van der Waals surface area contributed by atoms with Crippen LogP contribution < -0.4 is 15.4 Å². The Morgan fingerprint density at radius 2 is 1.89 bits per heavy atom. The van der Waals surface area contributed by atoms with Gasteiger partial charge in [-0.1, -0.05) is 31.7 Å². The molecule has 1 fully saturated rings. The number of hydrogen-bond acceptors (Lipinski definition) is 4. The summed E-state index contributed by atoms with van der Waals surface area (Å²) in [6.07, 6.45) is 7.73. The molecule has 4 rings (SSSR count). The van der Waals surface area contributed by atoms with E-state index >= 15 is 0 Å². The molecule has 2 N–H and O–H groups in total. The second-order valence-electron chi connectivity index (χ2n) is 7.66. The Hall–Kier alpha value is -2.34. The fourth-order valence-corrected chi connectivity index (χ4v) is 4.60. The summed E-state index contributed by atoms with van der Waals surface area (Å²) in [4.78, 5) is 25.7. The Morgan fingerprint density at radius 1 is 1.07 bits per heavy atom. The summed E-state index contributed by atoms with van der Waals surface area (Å²) < 4.78 is 5.83. The van der Waals surface area contributed by atoms with Gasteiger partial charge >= 0.3 is 0 Å². The summed E-state index contributed by atoms with van der Waals surface area (Å²) in [5.41, 5.74) is 1.70. The van der Waals surface area contributed by atoms with Crippen molar-refractivity contribution in [2.45, 2.75) is 51.0 Å². The number of carbonyl (C=O) groups is 2. The highest BCUT2D eigenvalue weighted by molar-refractivity contribution is 7.12. The van der Waals surface area contributed by atoms with Gasteiger partial charge in [0.15, 0.2) is 0 Å². The average molecular weight is 399 g/mol. The van der Waals surface area contributed by atoms with Crippen LogP contribution in [0.4, 0.5) is 5.69 Å². The highest BCUT2D eigenvalue weighted by atomic mass is 32.1. The molecule has 5 nitrogen and oxygen atoms in total. The maximum atomic E-state index is 12.7. The van der Waals surface area contributed by atoms with E-state index in [1.807, 2.05) is 29.6 Å². The van der Waals surface area contributed by atoms with Crippen molar-refractivity contribution in [3.8, 4) is 5.75 Å². The second-order valence-corrected chi connectivity index (χ2v) is 8.61. The fourth-order valence-electron chi connectivity index (χ4n) is 3.98. The molecule has 1 atom stereocenters. The minimum absolute atomic E-state index is 0.0885. The number of carbonyl (C=O) groups excluding carboxylic acids is 2. The SMILES string of the molecule is O=C(Nc1ccc2c(c1)CC(C(=O)NC1CCCCCC1)CO2)c1cccs1. The van der Waals surface area contributed by atoms with Crippen LogP contribution in [0.2, 0.25) is 0 Å². The molecule has 148 valence electrons. The van der Waals surface area contributed by atoms with Crippen LogP contribution in [0.3, 0.4) is 0 Å². The van der Waals surface area contributed by atoms with Crippen molar-refractivity contribution in [3.05, 3.63) is 46.2 Å². The van der Waals surface area contributed by atoms with Gasteiger partial charge in [-0.05, 0) is 54.5 Å². The third-order valence-corrected chi connectivity index (χ3v) is 6.41. The molecule has 2 amide bonds. The summed E-state index contributed by atoms with van der Waals surface area (Å²) in [7, 11) is 0. The standard InChI is InChI=1S/C22H26N2O3S/c25-21(23-17-6-3-1-2-4-7-17)16-12-15-13-18(9-10-19(15)27-14-16)24-22(26)20-8-5-11-28-20/h5,8-11,13,16-17H,1-4,6-7,12,14H2,(H,23,25)(H,24,26). The summed E-state index contributed by atoms with van der Waals surface area (Å²) in [6.45, 7) is 0.409. The summed E-state index contributed by atoms with van der Waals surface area (Å²) >= 11 is 1.41. The molecule has 1 saturated carbocycles. The third-order valence-electron chi connectivity index (χ3n) is 5.54. The molecule has 1 unspecified atom stereocenters. The molecular weight excluding hydrogens is 372 g/mol. The van der Waals surface area contributed by atoms with Gasteiger partial charge in [0, 0.05) is 11.7 Å². The molecule has 0 radical (unpaired) electrons. The zero-order valence-corrected chi connectivity index (χ0v) is 16.7. The zero-order valence-electron chi connectivity index (χ0n) is 15.9. The maximum Gasteiger partial charge on any atom is 0.265 e. The van der Waals surface area contributed by atoms with E-state index in [1.165, 1.54) is 37.0 Å². The van der Waals surface area contributed by atoms with Gasteiger partial charge in [-0.2, -0.15) is 0 Å². The first-order valence-electron chi connectivity index (χ1n) is 10.1. The van der Waals surface area contributed by atoms with Gasteiger partial charge in [-0.25, -0.2) is 0 Å². The van der Waals surface area contributed by atoms with Crippen LogP contribution in [0.15, 0.2) is 35.7 Å². The summed E-state index contributed by atoms with van der Waals surface area (Å²) in [5, 5.41) is 8.05. The summed E-state index contributed by atoms with van der Waals surface area (Å²) in [6, 6.07) is 9.60. The number of amides is 2. The van der Waals surface area contributed by atoms with Gasteiger partial charge in [-0.3, -0.25) is 9.59 Å². The number of rotatable bonds is 4. The topological polar surface area (TPSA) is 67.4 Å². The number of thiophene rings is 1. The van der Waals surface area contributed by atoms with Crippen molar-refractivity contribution < 1.29 is 14.3 Å². The Balaban J connectivity index is 1.39. The Bertz CT molecular complexity index is 826. The molecule has 1 aromatic carbocycles. The normalized spacial score (nSPS) is 19.8. The lowest BCUT2D eigenvalue weighted by Crippen LogP contribution is -2.42. The average Bonchev–Trinajstić information content (AvgIpc) is 3.13. The van der Waals surface area contributed by atoms with E-state index in [2.05, 4.69) is 10.6 Å². The largest absolute Gasteiger partial charge is 0.492 e. The van der Waals surface area contributed by atoms with Crippen LogP contribution >= 0.6 is 11.3 Å². The van der Waals surface area contributed by atoms with Gasteiger partial charge in [0.1, 0.15) is 12.4 Å². The van der Waals surface area contributed by atoms with Crippen LogP contribution in [-0.2, 0) is 11.2 Å². The second kappa shape index (κ2) is 8.78. The molecule has 0 saturated heterocycles. The number of fused-ring (bicyclic) bond motifs is 1. The van der Waals surface area contributed by atoms with Crippen molar-refractivity contribution in [2.75, 3.05) is 11.9 Å². The molecule has 1 aliphatic carbocycles. The molecule has 2 heterocycles. The van der Waals surface area contributed by atoms with Gasteiger partial charge in [-0.15, -0.1) is 11.3 Å². The Labute approximate surface area is 169 Å². The molecule has 0 bridgehead atoms. The van der Waals surface area contributed by atoms with E-state index in [4.69, 9.17) is 4.74 Å². The molecular formula is C22H26N2O3S. The van der Waals surface area contributed by atoms with Crippen molar-refractivity contribution in [1.82, 2.24) is 5.32 Å². The van der Waals surface area contributed by atoms with Crippen molar-refractivity contribution in [2.24, 2.45) is 5.92 Å². The van der Waals surface area contributed by atoms with Gasteiger partial charge in [0.25, 0.3) is 5.91 Å². The lowest BCUT2D eigenvalue weighted by atomic mass is 9.95. The maximum absolute atomic E-state index is 12.7. The monoisotopic (exact) mass is 398 g/mol. The van der Waals surface area contributed by atoms with Crippen LogP contribution in [0.25, 0.3) is 0 Å². The van der Waals surface area contributed by atoms with Crippen molar-refractivity contribution >= 4 is 28.8 Å². The minimum Gasteiger partial charge on any atom is -0.492 e. The number of ether oxygens (including phenoxy) is 1. The molecule has 28 heavy (non-hydrogen) atoms. The lowest BCUT2D eigenvalue weighted by Gasteiger charge is -2.27. The molecule has 0 spiro atoms. The highest BCUT2D eigenvalue weighted by Crippen LogP contribution is 2.30. The molecule has 1 aromatic heterocycles. The molecule has 2 aromatic rings. The number of nitrogens with one attached hydrogen (secondary N) is 2. The zero-order chi connectivity index (χ0) is 19.3. The number of hydrogen-bond donors (Lipinski definition) is 2. The van der Waals surface area contributed by atoms with Crippen LogP contribution in [0.1, 0.15) is 53.8 Å². The van der Waals surface area contributed by atoms with Crippen molar-refractivity contribution in [3.63, 3.8) is 0 Å². The Morgan fingerprint density at radius 3 is 2.64 bits per heavy atom. The predicted molar refractivity (Wildman–Crippen MR) is 111 cm³/mol. The molecule has 2 aliphatic rings. The van der Waals surface area contributed by atoms with Crippen LogP contribution in [0.5, 0.6) is 5.75 Å². The minimum atomic E-state index is -0.181. The third kappa shape index (κ3) is 4.55. The molecule has 1 aliphatic heterocycles. The lowest BCUT2D eigenvalue weighted by molar-refractivity contribution is -0.127. The summed E-state index contributed by atoms with van der Waals surface area (Å²) in [5.74, 6) is 0.589. The first-order valence-corrected chi connectivity index (χ1v) is 11.0. The van der Waals surface area contributed by atoms with E-state index in [-0.39, 0.29) is 17.7 Å². The number of anilines is 1. The van der Waals surface area contributed by atoms with E-state index in [0.29, 0.717) is 23.9 Å². The number of benzene rings is 1. The van der Waals surface area contributed by atoms with Crippen LogP contribution in [-0.4, -0.2) is 24.5 Å². The van der Waals surface area contributed by atoms with E-state index in [0.717, 1.165) is 29.8 Å². The quantitative estimate of drug-likeness (QED) is 0.751. The molecule has 6 heteroatoms. The highest BCUT2D eigenvalue weighted by Gasteiger charge is 2.28. The van der Waals surface area contributed by atoms with Gasteiger partial charge < -0.3 is 15.4 Å². The first-order chi connectivity index (χ1) is 13.7. The smallest absolute Gasteiger partial charge is 0.265 e.